The minimum absolute atomic E-state index is 0.00470. The molecule has 0 fully saturated rings. The SMILES string of the molecule is CC(C)(C)CCS(=O)(=O)NCc1ccc(C#CCO)s1. The number of aliphatic hydroxyl groups is 1. The molecule has 1 aromatic rings. The Kier molecular flexibility index (Phi) is 6.21. The summed E-state index contributed by atoms with van der Waals surface area (Å²) in [6, 6.07) is 3.67. The Labute approximate surface area is 125 Å². The maximum atomic E-state index is 11.9. The average Bonchev–Trinajstić information content (AvgIpc) is 2.79. The van der Waals surface area contributed by atoms with Crippen LogP contribution in [0.1, 0.15) is 36.9 Å². The molecule has 4 nitrogen and oxygen atoms in total. The van der Waals surface area contributed by atoms with Gasteiger partial charge in [0, 0.05) is 11.4 Å². The maximum absolute atomic E-state index is 11.9. The van der Waals surface area contributed by atoms with E-state index in [9.17, 15) is 8.42 Å². The second kappa shape index (κ2) is 7.23. The molecule has 1 aromatic heterocycles. The van der Waals surface area contributed by atoms with E-state index < -0.39 is 10.0 Å². The standard InChI is InChI=1S/C14H21NO3S2/c1-14(2,3)8-10-20(17,18)15-11-13-7-6-12(19-13)5-4-9-16/h6-7,15-16H,8-11H2,1-3H3. The van der Waals surface area contributed by atoms with Crippen LogP contribution in [0.5, 0.6) is 0 Å². The summed E-state index contributed by atoms with van der Waals surface area (Å²) in [5.74, 6) is 5.50. The average molecular weight is 315 g/mol. The van der Waals surface area contributed by atoms with Gasteiger partial charge >= 0.3 is 0 Å². The van der Waals surface area contributed by atoms with Crippen LogP contribution in [0.4, 0.5) is 0 Å². The van der Waals surface area contributed by atoms with Crippen LogP contribution in [0.15, 0.2) is 12.1 Å². The number of thiophene rings is 1. The van der Waals surface area contributed by atoms with E-state index in [2.05, 4.69) is 16.6 Å². The van der Waals surface area contributed by atoms with Crippen molar-refractivity contribution in [2.24, 2.45) is 5.41 Å². The highest BCUT2D eigenvalue weighted by atomic mass is 32.2. The van der Waals surface area contributed by atoms with Crippen molar-refractivity contribution in [3.8, 4) is 11.8 Å². The minimum Gasteiger partial charge on any atom is -0.384 e. The molecule has 20 heavy (non-hydrogen) atoms. The molecule has 0 bridgehead atoms. The van der Waals surface area contributed by atoms with Crippen molar-refractivity contribution in [1.29, 1.82) is 0 Å². The molecule has 0 aliphatic rings. The normalized spacial score (nSPS) is 12.0. The fourth-order valence-electron chi connectivity index (χ4n) is 1.36. The number of hydrogen-bond donors (Lipinski definition) is 2. The third-order valence-corrected chi connectivity index (χ3v) is 4.87. The third kappa shape index (κ3) is 7.06. The van der Waals surface area contributed by atoms with Crippen LogP contribution < -0.4 is 4.72 Å². The second-order valence-electron chi connectivity index (χ2n) is 5.68. The van der Waals surface area contributed by atoms with Gasteiger partial charge < -0.3 is 5.11 Å². The van der Waals surface area contributed by atoms with E-state index >= 15 is 0 Å². The first-order chi connectivity index (χ1) is 9.22. The van der Waals surface area contributed by atoms with Gasteiger partial charge in [0.1, 0.15) is 6.61 Å². The van der Waals surface area contributed by atoms with Gasteiger partial charge in [-0.05, 0) is 24.0 Å². The molecule has 0 aliphatic heterocycles. The zero-order chi connectivity index (χ0) is 15.2. The molecule has 0 radical (unpaired) electrons. The van der Waals surface area contributed by atoms with Gasteiger partial charge in [0.2, 0.25) is 10.0 Å². The molecular formula is C14H21NO3S2. The quantitative estimate of drug-likeness (QED) is 0.816. The van der Waals surface area contributed by atoms with Crippen molar-refractivity contribution < 1.29 is 13.5 Å². The monoisotopic (exact) mass is 315 g/mol. The smallest absolute Gasteiger partial charge is 0.211 e. The molecular weight excluding hydrogens is 294 g/mol. The molecule has 0 saturated carbocycles. The number of hydrogen-bond acceptors (Lipinski definition) is 4. The largest absolute Gasteiger partial charge is 0.384 e. The second-order valence-corrected chi connectivity index (χ2v) is 8.77. The molecule has 0 saturated heterocycles. The van der Waals surface area contributed by atoms with Crippen molar-refractivity contribution in [1.82, 2.24) is 4.72 Å². The summed E-state index contributed by atoms with van der Waals surface area (Å²) in [7, 11) is -3.24. The van der Waals surface area contributed by atoms with Crippen LogP contribution in [0.2, 0.25) is 0 Å². The van der Waals surface area contributed by atoms with Crippen molar-refractivity contribution in [3.63, 3.8) is 0 Å². The Morgan fingerprint density at radius 2 is 2.05 bits per heavy atom. The molecule has 6 heteroatoms. The lowest BCUT2D eigenvalue weighted by Gasteiger charge is -2.17. The van der Waals surface area contributed by atoms with Crippen molar-refractivity contribution in [2.75, 3.05) is 12.4 Å². The van der Waals surface area contributed by atoms with E-state index in [1.165, 1.54) is 11.3 Å². The van der Waals surface area contributed by atoms with E-state index in [4.69, 9.17) is 5.11 Å². The molecule has 112 valence electrons. The van der Waals surface area contributed by atoms with E-state index in [0.29, 0.717) is 6.42 Å². The first-order valence-electron chi connectivity index (χ1n) is 6.38. The van der Waals surface area contributed by atoms with Gasteiger partial charge in [-0.25, -0.2) is 13.1 Å². The Balaban J connectivity index is 2.52. The lowest BCUT2D eigenvalue weighted by molar-refractivity contribution is 0.350. The fraction of sp³-hybridized carbons (Fsp3) is 0.571. The van der Waals surface area contributed by atoms with E-state index in [0.717, 1.165) is 9.75 Å². The summed E-state index contributed by atoms with van der Waals surface area (Å²) in [5, 5.41) is 8.61. The van der Waals surface area contributed by atoms with E-state index in [1.54, 1.807) is 0 Å². The fourth-order valence-corrected chi connectivity index (χ4v) is 3.67. The van der Waals surface area contributed by atoms with Crippen molar-refractivity contribution in [2.45, 2.75) is 33.7 Å². The number of nitrogens with one attached hydrogen (secondary N) is 1. The first-order valence-corrected chi connectivity index (χ1v) is 8.84. The minimum atomic E-state index is -3.24. The Morgan fingerprint density at radius 1 is 1.35 bits per heavy atom. The van der Waals surface area contributed by atoms with Crippen LogP contribution in [-0.4, -0.2) is 25.9 Å². The first kappa shape index (κ1) is 17.2. The summed E-state index contributed by atoms with van der Waals surface area (Å²) < 4.78 is 26.3. The molecule has 1 rings (SSSR count). The lowest BCUT2D eigenvalue weighted by atomic mass is 9.94. The van der Waals surface area contributed by atoms with Crippen molar-refractivity contribution >= 4 is 21.4 Å². The van der Waals surface area contributed by atoms with E-state index in [1.807, 2.05) is 32.9 Å². The molecule has 0 spiro atoms. The van der Waals surface area contributed by atoms with Gasteiger partial charge in [0.15, 0.2) is 0 Å². The number of rotatable bonds is 5. The summed E-state index contributed by atoms with van der Waals surface area (Å²) in [5.41, 5.74) is 0.00470. The van der Waals surface area contributed by atoms with Crippen LogP contribution in [0, 0.1) is 17.3 Å². The van der Waals surface area contributed by atoms with E-state index in [-0.39, 0.29) is 24.3 Å². The molecule has 0 atom stereocenters. The zero-order valence-corrected chi connectivity index (χ0v) is 13.7. The highest BCUT2D eigenvalue weighted by molar-refractivity contribution is 7.89. The molecule has 0 aromatic carbocycles. The summed E-state index contributed by atoms with van der Waals surface area (Å²) in [4.78, 5) is 1.73. The molecule has 0 aliphatic carbocycles. The molecule has 1 heterocycles. The lowest BCUT2D eigenvalue weighted by Crippen LogP contribution is -2.27. The highest BCUT2D eigenvalue weighted by Gasteiger charge is 2.17. The summed E-state index contributed by atoms with van der Waals surface area (Å²) in [6.45, 7) is 6.18. The highest BCUT2D eigenvalue weighted by Crippen LogP contribution is 2.19. The summed E-state index contributed by atoms with van der Waals surface area (Å²) in [6.07, 6.45) is 0.625. The van der Waals surface area contributed by atoms with Gasteiger partial charge in [-0.1, -0.05) is 32.6 Å². The molecule has 0 amide bonds. The number of aliphatic hydroxyl groups excluding tert-OH is 1. The third-order valence-electron chi connectivity index (χ3n) is 2.54. The van der Waals surface area contributed by atoms with Crippen LogP contribution in [0.25, 0.3) is 0 Å². The Hall–Kier alpha value is -0.870. The molecule has 0 unspecified atom stereocenters. The Morgan fingerprint density at radius 3 is 2.65 bits per heavy atom. The zero-order valence-electron chi connectivity index (χ0n) is 12.1. The van der Waals surface area contributed by atoms with Crippen LogP contribution >= 0.6 is 11.3 Å². The van der Waals surface area contributed by atoms with Crippen LogP contribution in [-0.2, 0) is 16.6 Å². The summed E-state index contributed by atoms with van der Waals surface area (Å²) >= 11 is 1.43. The maximum Gasteiger partial charge on any atom is 0.211 e. The predicted molar refractivity (Wildman–Crippen MR) is 83.0 cm³/mol. The van der Waals surface area contributed by atoms with Gasteiger partial charge in [-0.2, -0.15) is 0 Å². The van der Waals surface area contributed by atoms with Crippen LogP contribution in [0.3, 0.4) is 0 Å². The Bertz CT molecular complexity index is 586. The number of sulfonamides is 1. The van der Waals surface area contributed by atoms with Crippen molar-refractivity contribution in [3.05, 3.63) is 21.9 Å². The van der Waals surface area contributed by atoms with Gasteiger partial charge in [0.05, 0.1) is 10.6 Å². The van der Waals surface area contributed by atoms with Gasteiger partial charge in [0.25, 0.3) is 0 Å². The topological polar surface area (TPSA) is 66.4 Å². The molecule has 2 N–H and O–H groups in total. The van der Waals surface area contributed by atoms with Gasteiger partial charge in [-0.15, -0.1) is 11.3 Å². The van der Waals surface area contributed by atoms with Gasteiger partial charge in [-0.3, -0.25) is 0 Å². The predicted octanol–water partition coefficient (Wildman–Crippen LogP) is 1.95.